The predicted octanol–water partition coefficient (Wildman–Crippen LogP) is 0.599. The van der Waals surface area contributed by atoms with Crippen LogP contribution >= 0.6 is 0 Å². The van der Waals surface area contributed by atoms with Gasteiger partial charge < -0.3 is 10.6 Å². The number of hydrogen-bond donors (Lipinski definition) is 4. The van der Waals surface area contributed by atoms with Gasteiger partial charge >= 0.3 is 6.03 Å². The van der Waals surface area contributed by atoms with Gasteiger partial charge in [0, 0.05) is 38.3 Å². The van der Waals surface area contributed by atoms with Gasteiger partial charge in [-0.25, -0.2) is 4.79 Å². The van der Waals surface area contributed by atoms with E-state index in [2.05, 4.69) is 64.5 Å². The van der Waals surface area contributed by atoms with Gasteiger partial charge in [0.25, 0.3) is 0 Å². The maximum Gasteiger partial charge on any atom is 0.315 e. The van der Waals surface area contributed by atoms with Crippen LogP contribution in [0.1, 0.15) is 25.0 Å². The zero-order valence-electron chi connectivity index (χ0n) is 14.0. The van der Waals surface area contributed by atoms with Crippen molar-refractivity contribution < 1.29 is 4.79 Å². The monoisotopic (exact) mass is 317 g/mol. The molecule has 1 aromatic carbocycles. The fourth-order valence-electron chi connectivity index (χ4n) is 3.22. The van der Waals surface area contributed by atoms with E-state index in [-0.39, 0.29) is 17.6 Å². The first-order valence-electron chi connectivity index (χ1n) is 8.36. The molecule has 0 saturated carbocycles. The fourth-order valence-corrected chi connectivity index (χ4v) is 3.22. The second-order valence-corrected chi connectivity index (χ2v) is 7.04. The Morgan fingerprint density at radius 1 is 1.26 bits per heavy atom. The lowest BCUT2D eigenvalue weighted by atomic mass is 9.94. The van der Waals surface area contributed by atoms with Crippen molar-refractivity contribution in [3.05, 3.63) is 35.4 Å². The van der Waals surface area contributed by atoms with Crippen LogP contribution in [0, 0.1) is 0 Å². The van der Waals surface area contributed by atoms with E-state index >= 15 is 0 Å². The van der Waals surface area contributed by atoms with E-state index in [1.807, 2.05) is 0 Å². The van der Waals surface area contributed by atoms with Gasteiger partial charge in [0.15, 0.2) is 0 Å². The van der Waals surface area contributed by atoms with E-state index in [1.165, 1.54) is 11.1 Å². The molecule has 0 aromatic heterocycles. The highest BCUT2D eigenvalue weighted by Crippen LogP contribution is 2.24. The van der Waals surface area contributed by atoms with Crippen molar-refractivity contribution in [2.45, 2.75) is 38.4 Å². The number of benzene rings is 1. The first-order valence-corrected chi connectivity index (χ1v) is 8.36. The summed E-state index contributed by atoms with van der Waals surface area (Å²) < 4.78 is 0. The van der Waals surface area contributed by atoms with Gasteiger partial charge in [0.2, 0.25) is 0 Å². The quantitative estimate of drug-likeness (QED) is 0.656. The minimum atomic E-state index is -0.0917. The Morgan fingerprint density at radius 3 is 2.70 bits per heavy atom. The number of hydrogen-bond acceptors (Lipinski definition) is 4. The molecule has 2 aliphatic heterocycles. The van der Waals surface area contributed by atoms with Crippen LogP contribution < -0.4 is 21.5 Å². The Morgan fingerprint density at radius 2 is 1.96 bits per heavy atom. The number of nitrogens with zero attached hydrogens (tertiary/aromatic N) is 1. The molecule has 3 rings (SSSR count). The highest BCUT2D eigenvalue weighted by molar-refractivity contribution is 5.74. The number of urea groups is 1. The van der Waals surface area contributed by atoms with Crippen molar-refractivity contribution in [2.75, 3.05) is 26.2 Å². The standard InChI is InChI=1S/C17H27N5O/c1-17(2,12-18-16(23)21-15-9-19-20-10-15)22-8-7-13-5-3-4-6-14(13)11-22/h3-6,15,19-20H,7-12H2,1-2H3,(H2,18,21,23). The summed E-state index contributed by atoms with van der Waals surface area (Å²) in [6, 6.07) is 8.70. The van der Waals surface area contributed by atoms with Gasteiger partial charge in [-0.15, -0.1) is 0 Å². The maximum absolute atomic E-state index is 12.0. The Kier molecular flexibility index (Phi) is 4.84. The molecule has 0 radical (unpaired) electrons. The average Bonchev–Trinajstić information content (AvgIpc) is 3.05. The third kappa shape index (κ3) is 4.02. The topological polar surface area (TPSA) is 68.4 Å². The van der Waals surface area contributed by atoms with Crippen LogP contribution in [0.3, 0.4) is 0 Å². The Hall–Kier alpha value is -1.63. The average molecular weight is 317 g/mol. The molecular formula is C17H27N5O. The zero-order valence-corrected chi connectivity index (χ0v) is 14.0. The number of carbonyl (C=O) groups excluding carboxylic acids is 1. The number of carbonyl (C=O) groups is 1. The Labute approximate surface area is 138 Å². The summed E-state index contributed by atoms with van der Waals surface area (Å²) in [4.78, 5) is 14.5. The number of fused-ring (bicyclic) bond motifs is 1. The molecule has 0 bridgehead atoms. The van der Waals surface area contributed by atoms with Crippen LogP contribution in [0.2, 0.25) is 0 Å². The van der Waals surface area contributed by atoms with Crippen molar-refractivity contribution >= 4 is 6.03 Å². The van der Waals surface area contributed by atoms with Crippen molar-refractivity contribution in [3.8, 4) is 0 Å². The molecule has 6 heteroatoms. The summed E-state index contributed by atoms with van der Waals surface area (Å²) in [6.45, 7) is 8.53. The molecule has 0 spiro atoms. The van der Waals surface area contributed by atoms with Crippen LogP contribution in [0.5, 0.6) is 0 Å². The molecule has 126 valence electrons. The van der Waals surface area contributed by atoms with E-state index in [0.29, 0.717) is 6.54 Å². The Balaban J connectivity index is 1.51. The second-order valence-electron chi connectivity index (χ2n) is 7.04. The summed E-state index contributed by atoms with van der Waals surface area (Å²) in [5, 5.41) is 6.00. The van der Waals surface area contributed by atoms with Crippen molar-refractivity contribution in [1.82, 2.24) is 26.4 Å². The van der Waals surface area contributed by atoms with Crippen LogP contribution in [-0.2, 0) is 13.0 Å². The highest BCUT2D eigenvalue weighted by atomic mass is 16.2. The SMILES string of the molecule is CC(C)(CNC(=O)NC1CNNC1)N1CCc2ccccc2C1. The molecule has 4 N–H and O–H groups in total. The highest BCUT2D eigenvalue weighted by Gasteiger charge is 2.30. The van der Waals surface area contributed by atoms with Gasteiger partial charge in [-0.2, -0.15) is 0 Å². The fraction of sp³-hybridized carbons (Fsp3) is 0.588. The third-order valence-corrected chi connectivity index (χ3v) is 4.83. The first kappa shape index (κ1) is 16.2. The summed E-state index contributed by atoms with van der Waals surface area (Å²) in [6.07, 6.45) is 1.07. The molecule has 1 fully saturated rings. The largest absolute Gasteiger partial charge is 0.336 e. The lowest BCUT2D eigenvalue weighted by Gasteiger charge is -2.41. The molecule has 2 heterocycles. The normalized spacial score (nSPS) is 19.4. The van der Waals surface area contributed by atoms with Gasteiger partial charge in [0.05, 0.1) is 6.04 Å². The molecule has 0 atom stereocenters. The van der Waals surface area contributed by atoms with E-state index in [1.54, 1.807) is 0 Å². The third-order valence-electron chi connectivity index (χ3n) is 4.83. The predicted molar refractivity (Wildman–Crippen MR) is 91.0 cm³/mol. The minimum absolute atomic E-state index is 0.0724. The minimum Gasteiger partial charge on any atom is -0.336 e. The maximum atomic E-state index is 12.0. The molecule has 2 amide bonds. The van der Waals surface area contributed by atoms with E-state index in [4.69, 9.17) is 0 Å². The molecule has 1 saturated heterocycles. The van der Waals surface area contributed by atoms with E-state index in [9.17, 15) is 4.79 Å². The number of nitrogens with one attached hydrogen (secondary N) is 4. The van der Waals surface area contributed by atoms with Crippen LogP contribution in [0.25, 0.3) is 0 Å². The molecule has 23 heavy (non-hydrogen) atoms. The van der Waals surface area contributed by atoms with Gasteiger partial charge in [-0.05, 0) is 31.4 Å². The number of amides is 2. The molecule has 2 aliphatic rings. The van der Waals surface area contributed by atoms with Crippen molar-refractivity contribution in [3.63, 3.8) is 0 Å². The zero-order chi connectivity index (χ0) is 16.3. The first-order chi connectivity index (χ1) is 11.0. The summed E-state index contributed by atoms with van der Waals surface area (Å²) in [5.41, 5.74) is 8.80. The van der Waals surface area contributed by atoms with E-state index in [0.717, 1.165) is 32.6 Å². The number of rotatable bonds is 4. The molecule has 0 aliphatic carbocycles. The smallest absolute Gasteiger partial charge is 0.315 e. The van der Waals surface area contributed by atoms with Gasteiger partial charge in [0.1, 0.15) is 0 Å². The lowest BCUT2D eigenvalue weighted by molar-refractivity contribution is 0.104. The molecule has 0 unspecified atom stereocenters. The van der Waals surface area contributed by atoms with Crippen LogP contribution in [0.4, 0.5) is 4.79 Å². The van der Waals surface area contributed by atoms with Crippen LogP contribution in [0.15, 0.2) is 24.3 Å². The second kappa shape index (κ2) is 6.86. The van der Waals surface area contributed by atoms with E-state index < -0.39 is 0 Å². The van der Waals surface area contributed by atoms with Crippen LogP contribution in [-0.4, -0.2) is 48.7 Å². The van der Waals surface area contributed by atoms with Crippen molar-refractivity contribution in [1.29, 1.82) is 0 Å². The lowest BCUT2D eigenvalue weighted by Crippen LogP contribution is -2.55. The number of hydrazine groups is 1. The Bertz CT molecular complexity index is 554. The molecule has 1 aromatic rings. The summed E-state index contributed by atoms with van der Waals surface area (Å²) in [5.74, 6) is 0. The summed E-state index contributed by atoms with van der Waals surface area (Å²) in [7, 11) is 0. The van der Waals surface area contributed by atoms with Crippen molar-refractivity contribution in [2.24, 2.45) is 0 Å². The molecule has 6 nitrogen and oxygen atoms in total. The molecular weight excluding hydrogens is 290 g/mol. The van der Waals surface area contributed by atoms with Gasteiger partial charge in [-0.1, -0.05) is 24.3 Å². The van der Waals surface area contributed by atoms with Gasteiger partial charge in [-0.3, -0.25) is 15.8 Å². The summed E-state index contributed by atoms with van der Waals surface area (Å²) >= 11 is 0.